The Morgan fingerprint density at radius 1 is 0.957 bits per heavy atom. The van der Waals surface area contributed by atoms with Gasteiger partial charge in [-0.1, -0.05) is 47.5 Å². The van der Waals surface area contributed by atoms with E-state index >= 15 is 0 Å². The second kappa shape index (κ2) is 6.82. The fraction of sp³-hybridized carbons (Fsp3) is 0. The van der Waals surface area contributed by atoms with E-state index < -0.39 is 0 Å². The fourth-order valence-corrected chi connectivity index (χ4v) is 2.51. The molecule has 3 aromatic rings. The average Bonchev–Trinajstić information content (AvgIpc) is 2.59. The van der Waals surface area contributed by atoms with E-state index in [2.05, 4.69) is 10.3 Å². The third-order valence-electron chi connectivity index (χ3n) is 3.35. The first-order valence-corrected chi connectivity index (χ1v) is 7.65. The van der Waals surface area contributed by atoms with E-state index in [-0.39, 0.29) is 0 Å². The van der Waals surface area contributed by atoms with E-state index in [0.717, 1.165) is 23.1 Å². The predicted octanol–water partition coefficient (Wildman–Crippen LogP) is 5.61. The van der Waals surface area contributed by atoms with Gasteiger partial charge in [-0.2, -0.15) is 0 Å². The number of hydrogen-bond donors (Lipinski definition) is 1. The maximum atomic E-state index is 11.1. The number of pyridine rings is 1. The molecule has 5 heteroatoms. The summed E-state index contributed by atoms with van der Waals surface area (Å²) in [6, 6.07) is 16.4. The van der Waals surface area contributed by atoms with Crippen molar-refractivity contribution >= 4 is 41.0 Å². The molecule has 0 fully saturated rings. The molecule has 0 unspecified atom stereocenters. The Kier molecular flexibility index (Phi) is 4.60. The summed E-state index contributed by atoms with van der Waals surface area (Å²) in [6.07, 6.45) is 2.57. The number of carbonyl (C=O) groups excluding carboxylic acids is 1. The van der Waals surface area contributed by atoms with Gasteiger partial charge < -0.3 is 5.32 Å². The summed E-state index contributed by atoms with van der Waals surface area (Å²) in [4.78, 5) is 15.5. The minimum Gasteiger partial charge on any atom is -0.340 e. The lowest BCUT2D eigenvalue weighted by Crippen LogP contribution is -1.94. The third kappa shape index (κ3) is 3.52. The van der Waals surface area contributed by atoms with Gasteiger partial charge in [-0.25, -0.2) is 4.98 Å². The van der Waals surface area contributed by atoms with Crippen molar-refractivity contribution in [3.63, 3.8) is 0 Å². The van der Waals surface area contributed by atoms with Gasteiger partial charge in [0, 0.05) is 23.0 Å². The molecule has 23 heavy (non-hydrogen) atoms. The number of nitrogens with zero attached hydrogens (tertiary/aromatic N) is 1. The number of nitrogens with one attached hydrogen (secondary N) is 1. The summed E-state index contributed by atoms with van der Waals surface area (Å²) in [5, 5.41) is 4.14. The number of halogens is 2. The zero-order valence-electron chi connectivity index (χ0n) is 12.0. The second-order valence-electron chi connectivity index (χ2n) is 4.89. The van der Waals surface area contributed by atoms with Gasteiger partial charge in [0.2, 0.25) is 0 Å². The Hall–Kier alpha value is -2.36. The highest BCUT2D eigenvalue weighted by atomic mass is 35.5. The summed E-state index contributed by atoms with van der Waals surface area (Å²) in [5.41, 5.74) is 3.18. The number of aldehydes is 1. The standard InChI is InChI=1S/C18H12Cl2N2O/c19-16-7-6-14(9-17(16)20)22-18-8-5-12(10-21-18)15-4-2-1-3-13(15)11-23/h1-11H,(H,21,22). The molecule has 0 aliphatic heterocycles. The number of aromatic nitrogens is 1. The zero-order valence-corrected chi connectivity index (χ0v) is 13.5. The molecule has 3 nitrogen and oxygen atoms in total. The van der Waals surface area contributed by atoms with Crippen molar-refractivity contribution in [2.24, 2.45) is 0 Å². The lowest BCUT2D eigenvalue weighted by molar-refractivity contribution is 0.112. The quantitative estimate of drug-likeness (QED) is 0.626. The zero-order chi connectivity index (χ0) is 16.2. The van der Waals surface area contributed by atoms with Crippen LogP contribution in [0.15, 0.2) is 60.8 Å². The Balaban J connectivity index is 1.84. The molecule has 0 aliphatic rings. The molecule has 0 aliphatic carbocycles. The number of hydrogen-bond acceptors (Lipinski definition) is 3. The Morgan fingerprint density at radius 3 is 2.48 bits per heavy atom. The van der Waals surface area contributed by atoms with Gasteiger partial charge >= 0.3 is 0 Å². The smallest absolute Gasteiger partial charge is 0.150 e. The van der Waals surface area contributed by atoms with Gasteiger partial charge in [0.05, 0.1) is 10.0 Å². The molecule has 0 saturated carbocycles. The third-order valence-corrected chi connectivity index (χ3v) is 4.09. The Labute approximate surface area is 143 Å². The molecule has 2 aromatic carbocycles. The maximum absolute atomic E-state index is 11.1. The van der Waals surface area contributed by atoms with Crippen molar-refractivity contribution in [3.05, 3.63) is 76.4 Å². The summed E-state index contributed by atoms with van der Waals surface area (Å²) < 4.78 is 0. The van der Waals surface area contributed by atoms with Crippen LogP contribution in [0, 0.1) is 0 Å². The van der Waals surface area contributed by atoms with Crippen LogP contribution in [0.25, 0.3) is 11.1 Å². The molecule has 0 amide bonds. The van der Waals surface area contributed by atoms with Crippen LogP contribution < -0.4 is 5.32 Å². The summed E-state index contributed by atoms with van der Waals surface area (Å²) >= 11 is 11.9. The van der Waals surface area contributed by atoms with Crippen molar-refractivity contribution in [2.45, 2.75) is 0 Å². The molecule has 0 radical (unpaired) electrons. The maximum Gasteiger partial charge on any atom is 0.150 e. The summed E-state index contributed by atoms with van der Waals surface area (Å²) in [7, 11) is 0. The lowest BCUT2D eigenvalue weighted by Gasteiger charge is -2.08. The van der Waals surface area contributed by atoms with Gasteiger partial charge in [-0.15, -0.1) is 0 Å². The highest BCUT2D eigenvalue weighted by Gasteiger charge is 2.05. The van der Waals surface area contributed by atoms with Crippen molar-refractivity contribution in [3.8, 4) is 11.1 Å². The Bertz CT molecular complexity index is 848. The molecule has 0 atom stereocenters. The number of benzene rings is 2. The number of rotatable bonds is 4. The highest BCUT2D eigenvalue weighted by molar-refractivity contribution is 6.42. The molecule has 0 saturated heterocycles. The van der Waals surface area contributed by atoms with E-state index in [1.807, 2.05) is 36.4 Å². The van der Waals surface area contributed by atoms with E-state index in [9.17, 15) is 4.79 Å². The van der Waals surface area contributed by atoms with Crippen LogP contribution in [0.5, 0.6) is 0 Å². The predicted molar refractivity (Wildman–Crippen MR) is 94.8 cm³/mol. The van der Waals surface area contributed by atoms with Crippen LogP contribution in [0.1, 0.15) is 10.4 Å². The SMILES string of the molecule is O=Cc1ccccc1-c1ccc(Nc2ccc(Cl)c(Cl)c2)nc1. The minimum absolute atomic E-state index is 0.480. The van der Waals surface area contributed by atoms with Crippen molar-refractivity contribution in [2.75, 3.05) is 5.32 Å². The van der Waals surface area contributed by atoms with Crippen molar-refractivity contribution in [1.82, 2.24) is 4.98 Å². The van der Waals surface area contributed by atoms with Gasteiger partial charge in [-0.05, 0) is 35.9 Å². The first-order chi connectivity index (χ1) is 11.2. The van der Waals surface area contributed by atoms with Gasteiger partial charge in [0.25, 0.3) is 0 Å². The Morgan fingerprint density at radius 2 is 1.78 bits per heavy atom. The van der Waals surface area contributed by atoms with Crippen LogP contribution in [0.2, 0.25) is 10.0 Å². The van der Waals surface area contributed by atoms with E-state index in [0.29, 0.717) is 21.4 Å². The van der Waals surface area contributed by atoms with Crippen molar-refractivity contribution < 1.29 is 4.79 Å². The first kappa shape index (κ1) is 15.5. The summed E-state index contributed by atoms with van der Waals surface area (Å²) in [5.74, 6) is 0.677. The number of carbonyl (C=O) groups is 1. The van der Waals surface area contributed by atoms with Crippen LogP contribution in [-0.4, -0.2) is 11.3 Å². The fourth-order valence-electron chi connectivity index (χ4n) is 2.21. The van der Waals surface area contributed by atoms with E-state index in [4.69, 9.17) is 23.2 Å². The van der Waals surface area contributed by atoms with Gasteiger partial charge in [0.1, 0.15) is 5.82 Å². The van der Waals surface area contributed by atoms with Crippen LogP contribution in [0.4, 0.5) is 11.5 Å². The van der Waals surface area contributed by atoms with Gasteiger partial charge in [0.15, 0.2) is 6.29 Å². The topological polar surface area (TPSA) is 42.0 Å². The largest absolute Gasteiger partial charge is 0.340 e. The molecular weight excluding hydrogens is 331 g/mol. The molecule has 1 N–H and O–H groups in total. The molecule has 114 valence electrons. The molecule has 1 aromatic heterocycles. The molecule has 0 spiro atoms. The minimum atomic E-state index is 0.480. The van der Waals surface area contributed by atoms with Crippen LogP contribution >= 0.6 is 23.2 Å². The van der Waals surface area contributed by atoms with Gasteiger partial charge in [-0.3, -0.25) is 4.79 Å². The molecular formula is C18H12Cl2N2O. The van der Waals surface area contributed by atoms with Crippen LogP contribution in [0.3, 0.4) is 0 Å². The van der Waals surface area contributed by atoms with Crippen LogP contribution in [-0.2, 0) is 0 Å². The van der Waals surface area contributed by atoms with E-state index in [1.165, 1.54) is 0 Å². The number of anilines is 2. The molecule has 1 heterocycles. The molecule has 3 rings (SSSR count). The highest BCUT2D eigenvalue weighted by Crippen LogP contribution is 2.27. The lowest BCUT2D eigenvalue weighted by atomic mass is 10.0. The first-order valence-electron chi connectivity index (χ1n) is 6.90. The normalized spacial score (nSPS) is 10.3. The average molecular weight is 343 g/mol. The monoisotopic (exact) mass is 342 g/mol. The van der Waals surface area contributed by atoms with Crippen molar-refractivity contribution in [1.29, 1.82) is 0 Å². The second-order valence-corrected chi connectivity index (χ2v) is 5.71. The van der Waals surface area contributed by atoms with E-state index in [1.54, 1.807) is 24.4 Å². The molecule has 0 bridgehead atoms. The summed E-state index contributed by atoms with van der Waals surface area (Å²) in [6.45, 7) is 0.